The first-order chi connectivity index (χ1) is 5.33. The summed E-state index contributed by atoms with van der Waals surface area (Å²) in [6.07, 6.45) is 0.613. The summed E-state index contributed by atoms with van der Waals surface area (Å²) in [4.78, 5) is 0. The van der Waals surface area contributed by atoms with E-state index in [2.05, 4.69) is 20.8 Å². The molecule has 0 aliphatic rings. The molecule has 1 N–H and O–H groups in total. The number of aliphatic hydroxyl groups excluding tert-OH is 1. The van der Waals surface area contributed by atoms with Gasteiger partial charge in [-0.3, -0.25) is 0 Å². The Hall–Kier alpha value is -0.0800. The van der Waals surface area contributed by atoms with E-state index < -0.39 is 0 Å². The first-order valence-electron chi connectivity index (χ1n) is 4.62. The fourth-order valence-corrected chi connectivity index (χ4v) is 0.690. The molecule has 0 aromatic rings. The Morgan fingerprint density at radius 2 is 1.75 bits per heavy atom. The van der Waals surface area contributed by atoms with Crippen LogP contribution in [0.4, 0.5) is 0 Å². The second-order valence-corrected chi connectivity index (χ2v) is 4.63. The molecule has 12 heavy (non-hydrogen) atoms. The molecule has 0 fully saturated rings. The maximum Gasteiger partial charge on any atom is 0.0803 e. The Bertz CT molecular complexity index is 113. The van der Waals surface area contributed by atoms with Crippen LogP contribution in [0.2, 0.25) is 0 Å². The van der Waals surface area contributed by atoms with Gasteiger partial charge in [0.25, 0.3) is 0 Å². The highest BCUT2D eigenvalue weighted by atomic mass is 16.5. The Morgan fingerprint density at radius 3 is 2.08 bits per heavy atom. The molecular formula is C10H22O2. The molecule has 0 saturated carbocycles. The van der Waals surface area contributed by atoms with Crippen molar-refractivity contribution in [3.8, 4) is 0 Å². The monoisotopic (exact) mass is 174 g/mol. The highest BCUT2D eigenvalue weighted by Crippen LogP contribution is 2.18. The highest BCUT2D eigenvalue weighted by molar-refractivity contribution is 4.62. The van der Waals surface area contributed by atoms with Crippen LogP contribution in [0, 0.1) is 5.41 Å². The number of hydrogen-bond acceptors (Lipinski definition) is 2. The lowest BCUT2D eigenvalue weighted by Crippen LogP contribution is -2.24. The van der Waals surface area contributed by atoms with Crippen molar-refractivity contribution < 1.29 is 9.84 Å². The fourth-order valence-electron chi connectivity index (χ4n) is 0.690. The Labute approximate surface area is 75.9 Å². The van der Waals surface area contributed by atoms with E-state index in [0.717, 1.165) is 13.0 Å². The van der Waals surface area contributed by atoms with Crippen LogP contribution in [-0.2, 0) is 4.74 Å². The van der Waals surface area contributed by atoms with Gasteiger partial charge in [0.15, 0.2) is 0 Å². The van der Waals surface area contributed by atoms with Crippen molar-refractivity contribution in [3.63, 3.8) is 0 Å². The standard InChI is InChI=1S/C10H22O2/c1-8(11)9(2)12-7-6-10(3,4)5/h8-9,11H,6-7H2,1-5H3/t8-,9?/m1/s1. The largest absolute Gasteiger partial charge is 0.391 e. The van der Waals surface area contributed by atoms with Crippen LogP contribution in [0.25, 0.3) is 0 Å². The van der Waals surface area contributed by atoms with E-state index in [0.29, 0.717) is 5.41 Å². The van der Waals surface area contributed by atoms with Gasteiger partial charge in [-0.2, -0.15) is 0 Å². The molecule has 2 atom stereocenters. The van der Waals surface area contributed by atoms with Crippen molar-refractivity contribution in [3.05, 3.63) is 0 Å². The zero-order valence-corrected chi connectivity index (χ0v) is 8.92. The molecule has 0 aromatic carbocycles. The first-order valence-corrected chi connectivity index (χ1v) is 4.62. The number of hydrogen-bond donors (Lipinski definition) is 1. The number of ether oxygens (including phenoxy) is 1. The second kappa shape index (κ2) is 4.83. The summed E-state index contributed by atoms with van der Waals surface area (Å²) in [5, 5.41) is 9.13. The molecule has 0 amide bonds. The van der Waals surface area contributed by atoms with E-state index in [1.54, 1.807) is 6.92 Å². The third-order valence-electron chi connectivity index (χ3n) is 1.91. The van der Waals surface area contributed by atoms with Crippen molar-refractivity contribution in [2.45, 2.75) is 53.2 Å². The average molecular weight is 174 g/mol. The van der Waals surface area contributed by atoms with Gasteiger partial charge in [-0.1, -0.05) is 20.8 Å². The van der Waals surface area contributed by atoms with Crippen molar-refractivity contribution in [2.75, 3.05) is 6.61 Å². The molecule has 0 rings (SSSR count). The van der Waals surface area contributed by atoms with Gasteiger partial charge in [-0.05, 0) is 25.7 Å². The summed E-state index contributed by atoms with van der Waals surface area (Å²) in [5.41, 5.74) is 0.318. The molecule has 0 spiro atoms. The van der Waals surface area contributed by atoms with Crippen LogP contribution < -0.4 is 0 Å². The topological polar surface area (TPSA) is 29.5 Å². The van der Waals surface area contributed by atoms with Gasteiger partial charge in [0, 0.05) is 6.61 Å². The minimum Gasteiger partial charge on any atom is -0.391 e. The summed E-state index contributed by atoms with van der Waals surface area (Å²) in [7, 11) is 0. The van der Waals surface area contributed by atoms with Crippen LogP contribution >= 0.6 is 0 Å². The highest BCUT2D eigenvalue weighted by Gasteiger charge is 2.13. The number of aliphatic hydroxyl groups is 1. The van der Waals surface area contributed by atoms with E-state index in [1.165, 1.54) is 0 Å². The van der Waals surface area contributed by atoms with Crippen LogP contribution in [0.5, 0.6) is 0 Å². The van der Waals surface area contributed by atoms with E-state index in [9.17, 15) is 0 Å². The molecule has 0 bridgehead atoms. The lowest BCUT2D eigenvalue weighted by Gasteiger charge is -2.21. The van der Waals surface area contributed by atoms with Crippen LogP contribution in [0.3, 0.4) is 0 Å². The van der Waals surface area contributed by atoms with E-state index in [-0.39, 0.29) is 12.2 Å². The predicted molar refractivity (Wildman–Crippen MR) is 51.2 cm³/mol. The summed E-state index contributed by atoms with van der Waals surface area (Å²) in [6, 6.07) is 0. The van der Waals surface area contributed by atoms with E-state index in [4.69, 9.17) is 9.84 Å². The van der Waals surface area contributed by atoms with Crippen LogP contribution in [-0.4, -0.2) is 23.9 Å². The smallest absolute Gasteiger partial charge is 0.0803 e. The minimum atomic E-state index is -0.370. The van der Waals surface area contributed by atoms with Gasteiger partial charge < -0.3 is 9.84 Å². The van der Waals surface area contributed by atoms with E-state index >= 15 is 0 Å². The van der Waals surface area contributed by atoms with Gasteiger partial charge in [-0.25, -0.2) is 0 Å². The maximum atomic E-state index is 9.13. The van der Waals surface area contributed by atoms with Gasteiger partial charge >= 0.3 is 0 Å². The molecule has 0 aromatic heterocycles. The summed E-state index contributed by atoms with van der Waals surface area (Å²) < 4.78 is 5.43. The van der Waals surface area contributed by atoms with Crippen LogP contribution in [0.1, 0.15) is 41.0 Å². The first kappa shape index (κ1) is 11.9. The van der Waals surface area contributed by atoms with Crippen LogP contribution in [0.15, 0.2) is 0 Å². The second-order valence-electron chi connectivity index (χ2n) is 4.63. The lowest BCUT2D eigenvalue weighted by atomic mass is 9.93. The zero-order valence-electron chi connectivity index (χ0n) is 8.92. The lowest BCUT2D eigenvalue weighted by molar-refractivity contribution is -0.0257. The molecule has 2 nitrogen and oxygen atoms in total. The molecular weight excluding hydrogens is 152 g/mol. The molecule has 2 heteroatoms. The predicted octanol–water partition coefficient (Wildman–Crippen LogP) is 2.21. The quantitative estimate of drug-likeness (QED) is 0.708. The van der Waals surface area contributed by atoms with Crippen molar-refractivity contribution in [1.29, 1.82) is 0 Å². The SMILES string of the molecule is CC(OCCC(C)(C)C)[C@@H](C)O. The van der Waals surface area contributed by atoms with Gasteiger partial charge in [0.2, 0.25) is 0 Å². The molecule has 74 valence electrons. The minimum absolute atomic E-state index is 0.0488. The molecule has 0 radical (unpaired) electrons. The molecule has 0 heterocycles. The Balaban J connectivity index is 3.44. The normalized spacial score (nSPS) is 17.5. The van der Waals surface area contributed by atoms with Gasteiger partial charge in [0.05, 0.1) is 12.2 Å². The van der Waals surface area contributed by atoms with Gasteiger partial charge in [0.1, 0.15) is 0 Å². The Morgan fingerprint density at radius 1 is 1.25 bits per heavy atom. The maximum absolute atomic E-state index is 9.13. The van der Waals surface area contributed by atoms with Crippen molar-refractivity contribution in [1.82, 2.24) is 0 Å². The van der Waals surface area contributed by atoms with Crippen molar-refractivity contribution in [2.24, 2.45) is 5.41 Å². The third kappa shape index (κ3) is 6.62. The Kier molecular flexibility index (Phi) is 4.80. The summed E-state index contributed by atoms with van der Waals surface area (Å²) in [5.74, 6) is 0. The molecule has 0 aliphatic heterocycles. The fraction of sp³-hybridized carbons (Fsp3) is 1.00. The summed E-state index contributed by atoms with van der Waals surface area (Å²) >= 11 is 0. The van der Waals surface area contributed by atoms with Crippen molar-refractivity contribution >= 4 is 0 Å². The summed E-state index contributed by atoms with van der Waals surface area (Å²) in [6.45, 7) is 10.9. The third-order valence-corrected chi connectivity index (χ3v) is 1.91. The molecule has 0 aliphatic carbocycles. The molecule has 0 saturated heterocycles. The van der Waals surface area contributed by atoms with E-state index in [1.807, 2.05) is 6.92 Å². The zero-order chi connectivity index (χ0) is 9.78. The van der Waals surface area contributed by atoms with Gasteiger partial charge in [-0.15, -0.1) is 0 Å². The molecule has 1 unspecified atom stereocenters. The average Bonchev–Trinajstić information content (AvgIpc) is 1.84. The number of rotatable bonds is 4.